The largest absolute Gasteiger partial charge is 0.452 e. The lowest BCUT2D eigenvalue weighted by molar-refractivity contribution is -0.0215. The molecule has 1 atom stereocenters. The SMILES string of the molecule is CC1CCC(CN)(C(O)c2ccc(Br)o2)CC1. The Hall–Kier alpha value is -0.320. The minimum Gasteiger partial charge on any atom is -0.452 e. The smallest absolute Gasteiger partial charge is 0.169 e. The van der Waals surface area contributed by atoms with E-state index in [9.17, 15) is 5.11 Å². The van der Waals surface area contributed by atoms with E-state index in [0.29, 0.717) is 17.0 Å². The van der Waals surface area contributed by atoms with Crippen LogP contribution < -0.4 is 5.73 Å². The predicted octanol–water partition coefficient (Wildman–Crippen LogP) is 3.23. The molecule has 0 bridgehead atoms. The molecule has 1 heterocycles. The number of aliphatic hydroxyl groups is 1. The summed E-state index contributed by atoms with van der Waals surface area (Å²) in [4.78, 5) is 0. The van der Waals surface area contributed by atoms with Gasteiger partial charge >= 0.3 is 0 Å². The molecule has 96 valence electrons. The zero-order valence-electron chi connectivity index (χ0n) is 10.2. The molecule has 17 heavy (non-hydrogen) atoms. The van der Waals surface area contributed by atoms with Crippen LogP contribution in [0.2, 0.25) is 0 Å². The number of nitrogens with two attached hydrogens (primary N) is 1. The van der Waals surface area contributed by atoms with Gasteiger partial charge in [0.05, 0.1) is 0 Å². The fourth-order valence-electron chi connectivity index (χ4n) is 2.70. The minimum atomic E-state index is -0.591. The lowest BCUT2D eigenvalue weighted by Gasteiger charge is -2.41. The lowest BCUT2D eigenvalue weighted by Crippen LogP contribution is -2.39. The van der Waals surface area contributed by atoms with Crippen LogP contribution in [-0.4, -0.2) is 11.7 Å². The molecule has 1 aromatic heterocycles. The van der Waals surface area contributed by atoms with Gasteiger partial charge in [0.1, 0.15) is 11.9 Å². The monoisotopic (exact) mass is 301 g/mol. The number of hydrogen-bond acceptors (Lipinski definition) is 3. The Bertz CT molecular complexity index is 369. The molecule has 3 nitrogen and oxygen atoms in total. The Morgan fingerprint density at radius 3 is 2.65 bits per heavy atom. The van der Waals surface area contributed by atoms with Gasteiger partial charge in [0.25, 0.3) is 0 Å². The van der Waals surface area contributed by atoms with Crippen LogP contribution in [0.25, 0.3) is 0 Å². The maximum absolute atomic E-state index is 10.5. The topological polar surface area (TPSA) is 59.4 Å². The van der Waals surface area contributed by atoms with E-state index in [0.717, 1.165) is 31.6 Å². The molecule has 3 N–H and O–H groups in total. The van der Waals surface area contributed by atoms with Gasteiger partial charge in [0.15, 0.2) is 4.67 Å². The van der Waals surface area contributed by atoms with Crippen molar-refractivity contribution >= 4 is 15.9 Å². The van der Waals surface area contributed by atoms with Gasteiger partial charge in [-0.15, -0.1) is 0 Å². The van der Waals surface area contributed by atoms with E-state index in [-0.39, 0.29) is 5.41 Å². The minimum absolute atomic E-state index is 0.205. The Morgan fingerprint density at radius 1 is 1.53 bits per heavy atom. The number of rotatable bonds is 3. The molecule has 1 fully saturated rings. The molecule has 1 unspecified atom stereocenters. The molecule has 0 amide bonds. The molecular weight excluding hydrogens is 282 g/mol. The van der Waals surface area contributed by atoms with Crippen LogP contribution in [0.3, 0.4) is 0 Å². The Labute approximate surface area is 111 Å². The third-order valence-electron chi connectivity index (χ3n) is 4.12. The summed E-state index contributed by atoms with van der Waals surface area (Å²) in [6.45, 7) is 2.77. The van der Waals surface area contributed by atoms with Crippen LogP contribution in [0.5, 0.6) is 0 Å². The van der Waals surface area contributed by atoms with Gasteiger partial charge in [0, 0.05) is 12.0 Å². The maximum Gasteiger partial charge on any atom is 0.169 e. The quantitative estimate of drug-likeness (QED) is 0.901. The second-order valence-corrected chi connectivity index (χ2v) is 6.08. The van der Waals surface area contributed by atoms with E-state index in [1.54, 1.807) is 0 Å². The van der Waals surface area contributed by atoms with Crippen molar-refractivity contribution in [3.8, 4) is 0 Å². The molecule has 0 saturated heterocycles. The van der Waals surface area contributed by atoms with Gasteiger partial charge in [-0.05, 0) is 46.8 Å². The average molecular weight is 302 g/mol. The second kappa shape index (κ2) is 5.12. The first-order valence-corrected chi connectivity index (χ1v) is 7.00. The highest BCUT2D eigenvalue weighted by Gasteiger charge is 2.41. The third kappa shape index (κ3) is 2.59. The van der Waals surface area contributed by atoms with Crippen LogP contribution in [0, 0.1) is 11.3 Å². The first kappa shape index (κ1) is 13.1. The number of hydrogen-bond donors (Lipinski definition) is 2. The van der Waals surface area contributed by atoms with Gasteiger partial charge < -0.3 is 15.3 Å². The molecule has 0 aliphatic heterocycles. The lowest BCUT2D eigenvalue weighted by atomic mass is 9.67. The van der Waals surface area contributed by atoms with E-state index >= 15 is 0 Å². The van der Waals surface area contributed by atoms with E-state index in [1.807, 2.05) is 12.1 Å². The molecule has 2 rings (SSSR count). The molecule has 0 aromatic carbocycles. The molecule has 1 aliphatic carbocycles. The molecule has 1 aromatic rings. The fourth-order valence-corrected chi connectivity index (χ4v) is 3.02. The fraction of sp³-hybridized carbons (Fsp3) is 0.692. The van der Waals surface area contributed by atoms with Crippen molar-refractivity contribution in [2.45, 2.75) is 38.7 Å². The van der Waals surface area contributed by atoms with Crippen molar-refractivity contribution in [3.63, 3.8) is 0 Å². The first-order valence-electron chi connectivity index (χ1n) is 6.21. The average Bonchev–Trinajstić information content (AvgIpc) is 2.76. The summed E-state index contributed by atoms with van der Waals surface area (Å²) < 4.78 is 6.12. The highest BCUT2D eigenvalue weighted by atomic mass is 79.9. The summed E-state index contributed by atoms with van der Waals surface area (Å²) in [6.07, 6.45) is 3.63. The van der Waals surface area contributed by atoms with Crippen LogP contribution in [0.4, 0.5) is 0 Å². The summed E-state index contributed by atoms with van der Waals surface area (Å²) in [6, 6.07) is 3.64. The van der Waals surface area contributed by atoms with Crippen molar-refractivity contribution in [2.75, 3.05) is 6.54 Å². The summed E-state index contributed by atoms with van der Waals surface area (Å²) >= 11 is 3.26. The summed E-state index contributed by atoms with van der Waals surface area (Å²) in [7, 11) is 0. The Kier molecular flexibility index (Phi) is 3.95. The second-order valence-electron chi connectivity index (χ2n) is 5.29. The molecule has 1 saturated carbocycles. The van der Waals surface area contributed by atoms with Crippen LogP contribution in [0.15, 0.2) is 21.2 Å². The van der Waals surface area contributed by atoms with Gasteiger partial charge in [0.2, 0.25) is 0 Å². The molecule has 4 heteroatoms. The molecular formula is C13H20BrNO2. The van der Waals surface area contributed by atoms with Crippen molar-refractivity contribution in [3.05, 3.63) is 22.6 Å². The number of aliphatic hydroxyl groups excluding tert-OH is 1. The van der Waals surface area contributed by atoms with E-state index < -0.39 is 6.10 Å². The van der Waals surface area contributed by atoms with Crippen molar-refractivity contribution in [1.82, 2.24) is 0 Å². The van der Waals surface area contributed by atoms with Crippen LogP contribution in [0.1, 0.15) is 44.5 Å². The van der Waals surface area contributed by atoms with Crippen molar-refractivity contribution in [2.24, 2.45) is 17.1 Å². The number of halogens is 1. The van der Waals surface area contributed by atoms with Crippen molar-refractivity contribution < 1.29 is 9.52 Å². The van der Waals surface area contributed by atoms with Crippen molar-refractivity contribution in [1.29, 1.82) is 0 Å². The summed E-state index contributed by atoms with van der Waals surface area (Å²) in [5, 5.41) is 10.5. The molecule has 0 radical (unpaired) electrons. The van der Waals surface area contributed by atoms with Gasteiger partial charge in [-0.3, -0.25) is 0 Å². The molecule has 1 aliphatic rings. The Morgan fingerprint density at radius 2 is 2.18 bits per heavy atom. The first-order chi connectivity index (χ1) is 8.07. The highest BCUT2D eigenvalue weighted by molar-refractivity contribution is 9.10. The van der Waals surface area contributed by atoms with Gasteiger partial charge in [-0.2, -0.15) is 0 Å². The normalized spacial score (nSPS) is 31.4. The zero-order chi connectivity index (χ0) is 12.5. The standard InChI is InChI=1S/C13H20BrNO2/c1-9-4-6-13(8-15,7-5-9)12(16)10-2-3-11(14)17-10/h2-3,9,12,16H,4-8,15H2,1H3. The van der Waals surface area contributed by atoms with Gasteiger partial charge in [-0.25, -0.2) is 0 Å². The predicted molar refractivity (Wildman–Crippen MR) is 70.5 cm³/mol. The van der Waals surface area contributed by atoms with E-state index in [2.05, 4.69) is 22.9 Å². The maximum atomic E-state index is 10.5. The highest BCUT2D eigenvalue weighted by Crippen LogP contribution is 2.47. The van der Waals surface area contributed by atoms with E-state index in [1.165, 1.54) is 0 Å². The summed E-state index contributed by atoms with van der Waals surface area (Å²) in [5.74, 6) is 1.36. The molecule has 0 spiro atoms. The summed E-state index contributed by atoms with van der Waals surface area (Å²) in [5.41, 5.74) is 5.71. The zero-order valence-corrected chi connectivity index (χ0v) is 11.7. The van der Waals surface area contributed by atoms with E-state index in [4.69, 9.17) is 10.2 Å². The van der Waals surface area contributed by atoms with Crippen LogP contribution in [-0.2, 0) is 0 Å². The Balaban J connectivity index is 2.17. The van der Waals surface area contributed by atoms with Crippen LogP contribution >= 0.6 is 15.9 Å². The van der Waals surface area contributed by atoms with Gasteiger partial charge in [-0.1, -0.05) is 19.8 Å². The number of furan rings is 1. The third-order valence-corrected chi connectivity index (χ3v) is 4.55.